The summed E-state index contributed by atoms with van der Waals surface area (Å²) in [5.74, 6) is 0.677. The molecule has 3 rings (SSSR count). The molecule has 132 valence electrons. The first kappa shape index (κ1) is 17.8. The van der Waals surface area contributed by atoms with Gasteiger partial charge < -0.3 is 15.0 Å². The summed E-state index contributed by atoms with van der Waals surface area (Å²) in [5.41, 5.74) is 0.958. The second-order valence-electron chi connectivity index (χ2n) is 5.49. The number of anilines is 1. The summed E-state index contributed by atoms with van der Waals surface area (Å²) in [6, 6.07) is 10.0. The second-order valence-corrected chi connectivity index (χ2v) is 7.74. The lowest BCUT2D eigenvalue weighted by atomic mass is 10.2. The van der Waals surface area contributed by atoms with E-state index in [1.807, 2.05) is 30.3 Å². The fourth-order valence-corrected chi connectivity index (χ4v) is 4.41. The van der Waals surface area contributed by atoms with Gasteiger partial charge >= 0.3 is 6.09 Å². The Morgan fingerprint density at radius 2 is 2.16 bits per heavy atom. The Bertz CT molecular complexity index is 749. The van der Waals surface area contributed by atoms with Gasteiger partial charge in [-0.15, -0.1) is 11.8 Å². The Morgan fingerprint density at radius 3 is 2.92 bits per heavy atom. The van der Waals surface area contributed by atoms with Crippen LogP contribution in [0.4, 0.5) is 9.93 Å². The summed E-state index contributed by atoms with van der Waals surface area (Å²) in [4.78, 5) is 32.0. The summed E-state index contributed by atoms with van der Waals surface area (Å²) in [7, 11) is 1.38. The van der Waals surface area contributed by atoms with Gasteiger partial charge in [-0.25, -0.2) is 9.78 Å². The molecule has 6 nitrogen and oxygen atoms in total. The molecule has 1 aliphatic heterocycles. The minimum Gasteiger partial charge on any atom is -0.453 e. The molecule has 0 aliphatic carbocycles. The quantitative estimate of drug-likeness (QED) is 0.809. The highest BCUT2D eigenvalue weighted by Gasteiger charge is 2.24. The van der Waals surface area contributed by atoms with Crippen LogP contribution in [0.2, 0.25) is 0 Å². The molecule has 0 radical (unpaired) electrons. The molecule has 0 fully saturated rings. The van der Waals surface area contributed by atoms with Crippen LogP contribution in [0.25, 0.3) is 0 Å². The minimum absolute atomic E-state index is 0.0423. The second kappa shape index (κ2) is 8.35. The van der Waals surface area contributed by atoms with Crippen LogP contribution in [-0.2, 0) is 22.5 Å². The highest BCUT2D eigenvalue weighted by Crippen LogP contribution is 2.28. The summed E-state index contributed by atoms with van der Waals surface area (Å²) < 4.78 is 4.76. The lowest BCUT2D eigenvalue weighted by Crippen LogP contribution is -2.35. The Hall–Kier alpha value is -2.06. The number of nitrogens with zero attached hydrogens (tertiary/aromatic N) is 2. The van der Waals surface area contributed by atoms with Crippen molar-refractivity contribution < 1.29 is 14.3 Å². The van der Waals surface area contributed by atoms with Gasteiger partial charge in [0.25, 0.3) is 0 Å². The van der Waals surface area contributed by atoms with Crippen LogP contribution in [0.3, 0.4) is 0 Å². The smallest absolute Gasteiger partial charge is 0.409 e. The van der Waals surface area contributed by atoms with Gasteiger partial charge in [-0.2, -0.15) is 0 Å². The first-order valence-electron chi connectivity index (χ1n) is 7.95. The molecule has 0 spiro atoms. The van der Waals surface area contributed by atoms with Crippen molar-refractivity contribution in [2.75, 3.05) is 24.7 Å². The number of hydrogen-bond acceptors (Lipinski definition) is 6. The van der Waals surface area contributed by atoms with Crippen molar-refractivity contribution in [2.45, 2.75) is 24.3 Å². The van der Waals surface area contributed by atoms with E-state index in [1.165, 1.54) is 18.4 Å². The van der Waals surface area contributed by atoms with E-state index in [1.54, 1.807) is 16.7 Å². The fraction of sp³-hybridized carbons (Fsp3) is 0.353. The summed E-state index contributed by atoms with van der Waals surface area (Å²) in [6.07, 6.45) is 0.779. The number of carbonyl (C=O) groups is 2. The van der Waals surface area contributed by atoms with Crippen molar-refractivity contribution in [1.82, 2.24) is 9.88 Å². The van der Waals surface area contributed by atoms with Crippen LogP contribution < -0.4 is 5.32 Å². The number of methoxy groups -OCH3 is 1. The molecule has 8 heteroatoms. The van der Waals surface area contributed by atoms with Crippen molar-refractivity contribution in [2.24, 2.45) is 0 Å². The van der Waals surface area contributed by atoms with Crippen molar-refractivity contribution in [3.63, 3.8) is 0 Å². The predicted octanol–water partition coefficient (Wildman–Crippen LogP) is 3.39. The van der Waals surface area contributed by atoms with Crippen LogP contribution in [-0.4, -0.2) is 41.3 Å². The van der Waals surface area contributed by atoms with E-state index >= 15 is 0 Å². The lowest BCUT2D eigenvalue weighted by Gasteiger charge is -2.24. The van der Waals surface area contributed by atoms with Gasteiger partial charge in [0, 0.05) is 34.9 Å². The monoisotopic (exact) mass is 377 g/mol. The zero-order valence-corrected chi connectivity index (χ0v) is 15.5. The number of carbonyl (C=O) groups excluding carboxylic acids is 2. The van der Waals surface area contributed by atoms with Crippen molar-refractivity contribution >= 4 is 40.2 Å². The van der Waals surface area contributed by atoms with Crippen LogP contribution in [0.5, 0.6) is 0 Å². The Balaban J connectivity index is 1.49. The number of ether oxygens (including phenoxy) is 1. The van der Waals surface area contributed by atoms with Gasteiger partial charge in [0.1, 0.15) is 0 Å². The third kappa shape index (κ3) is 4.73. The van der Waals surface area contributed by atoms with Crippen LogP contribution in [0.15, 0.2) is 35.2 Å². The van der Waals surface area contributed by atoms with E-state index in [2.05, 4.69) is 10.3 Å². The first-order valence-corrected chi connectivity index (χ1v) is 9.75. The summed E-state index contributed by atoms with van der Waals surface area (Å²) >= 11 is 3.08. The molecule has 2 heterocycles. The standard InChI is InChI=1S/C17H19N3O3S2/c1-23-17(22)20-9-7-13-14(11-20)25-16(18-13)19-15(21)8-10-24-12-5-3-2-4-6-12/h2-6H,7-11H2,1H3,(H,18,19,21). The molecule has 0 unspecified atom stereocenters. The SMILES string of the molecule is COC(=O)N1CCc2nc(NC(=O)CCSc3ccccc3)sc2C1. The molecule has 0 bridgehead atoms. The normalized spacial score (nSPS) is 13.2. The summed E-state index contributed by atoms with van der Waals surface area (Å²) in [5, 5.41) is 3.47. The molecule has 1 aromatic heterocycles. The number of rotatable bonds is 5. The minimum atomic E-state index is -0.331. The number of nitrogens with one attached hydrogen (secondary N) is 1. The molecule has 2 aromatic rings. The maximum atomic E-state index is 12.1. The molecule has 1 aromatic carbocycles. The lowest BCUT2D eigenvalue weighted by molar-refractivity contribution is -0.115. The number of aromatic nitrogens is 1. The maximum absolute atomic E-state index is 12.1. The predicted molar refractivity (Wildman–Crippen MR) is 99.0 cm³/mol. The molecule has 1 aliphatic rings. The van der Waals surface area contributed by atoms with E-state index in [0.717, 1.165) is 21.2 Å². The summed E-state index contributed by atoms with van der Waals surface area (Å²) in [6.45, 7) is 1.07. The van der Waals surface area contributed by atoms with E-state index in [9.17, 15) is 9.59 Å². The van der Waals surface area contributed by atoms with E-state index in [4.69, 9.17) is 4.74 Å². The van der Waals surface area contributed by atoms with Crippen LogP contribution in [0, 0.1) is 0 Å². The highest BCUT2D eigenvalue weighted by atomic mass is 32.2. The van der Waals surface area contributed by atoms with Gasteiger partial charge in [-0.1, -0.05) is 29.5 Å². The van der Waals surface area contributed by atoms with Gasteiger partial charge in [0.2, 0.25) is 5.91 Å². The number of benzene rings is 1. The Labute approximate surface area is 154 Å². The van der Waals surface area contributed by atoms with Gasteiger partial charge in [-0.3, -0.25) is 4.79 Å². The van der Waals surface area contributed by atoms with E-state index in [0.29, 0.717) is 31.1 Å². The number of amides is 2. The zero-order chi connectivity index (χ0) is 17.6. The van der Waals surface area contributed by atoms with E-state index < -0.39 is 0 Å². The van der Waals surface area contributed by atoms with Gasteiger partial charge in [0.15, 0.2) is 5.13 Å². The molecule has 25 heavy (non-hydrogen) atoms. The number of thiazole rings is 1. The van der Waals surface area contributed by atoms with Gasteiger partial charge in [0.05, 0.1) is 19.3 Å². The van der Waals surface area contributed by atoms with Crippen molar-refractivity contribution in [3.8, 4) is 0 Å². The first-order chi connectivity index (χ1) is 12.2. The van der Waals surface area contributed by atoms with Crippen LogP contribution in [0.1, 0.15) is 17.0 Å². The Kier molecular flexibility index (Phi) is 5.93. The van der Waals surface area contributed by atoms with Gasteiger partial charge in [-0.05, 0) is 12.1 Å². The Morgan fingerprint density at radius 1 is 1.36 bits per heavy atom. The fourth-order valence-electron chi connectivity index (χ4n) is 2.49. The largest absolute Gasteiger partial charge is 0.453 e. The molecule has 2 amide bonds. The van der Waals surface area contributed by atoms with Crippen molar-refractivity contribution in [3.05, 3.63) is 40.9 Å². The topological polar surface area (TPSA) is 71.5 Å². The number of hydrogen-bond donors (Lipinski definition) is 1. The number of thioether (sulfide) groups is 1. The third-order valence-corrected chi connectivity index (χ3v) is 5.76. The number of fused-ring (bicyclic) bond motifs is 1. The maximum Gasteiger partial charge on any atom is 0.409 e. The van der Waals surface area contributed by atoms with E-state index in [-0.39, 0.29) is 12.0 Å². The van der Waals surface area contributed by atoms with Crippen LogP contribution >= 0.6 is 23.1 Å². The molecule has 0 saturated carbocycles. The molecular weight excluding hydrogens is 358 g/mol. The van der Waals surface area contributed by atoms with Crippen molar-refractivity contribution in [1.29, 1.82) is 0 Å². The molecular formula is C17H19N3O3S2. The average Bonchev–Trinajstić information content (AvgIpc) is 3.03. The zero-order valence-electron chi connectivity index (χ0n) is 13.9. The average molecular weight is 377 g/mol. The highest BCUT2D eigenvalue weighted by molar-refractivity contribution is 7.99. The molecule has 1 N–H and O–H groups in total. The molecule has 0 saturated heterocycles. The third-order valence-electron chi connectivity index (χ3n) is 3.75. The molecule has 0 atom stereocenters.